The van der Waals surface area contributed by atoms with E-state index in [0.717, 1.165) is 4.47 Å². The average molecular weight is 344 g/mol. The van der Waals surface area contributed by atoms with Gasteiger partial charge >= 0.3 is 0 Å². The Morgan fingerprint density at radius 1 is 1.30 bits per heavy atom. The Morgan fingerprint density at radius 2 is 1.90 bits per heavy atom. The number of carbonyl (C=O) groups excluding carboxylic acids is 1. The Kier molecular flexibility index (Phi) is 7.02. The average Bonchev–Trinajstić information content (AvgIpc) is 2.40. The zero-order valence-electron chi connectivity index (χ0n) is 12.1. The van der Waals surface area contributed by atoms with Crippen LogP contribution in [0.25, 0.3) is 0 Å². The standard InChI is InChI=1S/C15H22BrNO3/c1-10(2)14(18)8-9-17-15(19)11(3)20-13-6-4-12(16)5-7-13/h4-7,10-11,14,18H,8-9H2,1-3H3,(H,17,19). The van der Waals surface area contributed by atoms with Gasteiger partial charge in [0.15, 0.2) is 6.10 Å². The predicted molar refractivity (Wildman–Crippen MR) is 82.7 cm³/mol. The highest BCUT2D eigenvalue weighted by atomic mass is 79.9. The normalized spacial score (nSPS) is 13.9. The molecular weight excluding hydrogens is 322 g/mol. The van der Waals surface area contributed by atoms with Crippen LogP contribution in [0.15, 0.2) is 28.7 Å². The maximum atomic E-state index is 11.8. The van der Waals surface area contributed by atoms with Crippen molar-refractivity contribution in [1.29, 1.82) is 0 Å². The maximum absolute atomic E-state index is 11.8. The fourth-order valence-electron chi connectivity index (χ4n) is 1.59. The Bertz CT molecular complexity index is 420. The number of ether oxygens (including phenoxy) is 1. The Morgan fingerprint density at radius 3 is 2.45 bits per heavy atom. The molecule has 1 aromatic rings. The van der Waals surface area contributed by atoms with Crippen LogP contribution in [-0.4, -0.2) is 29.8 Å². The maximum Gasteiger partial charge on any atom is 0.260 e. The van der Waals surface area contributed by atoms with Gasteiger partial charge in [-0.25, -0.2) is 0 Å². The molecule has 0 aliphatic rings. The molecule has 2 unspecified atom stereocenters. The van der Waals surface area contributed by atoms with Crippen LogP contribution in [0.4, 0.5) is 0 Å². The monoisotopic (exact) mass is 343 g/mol. The number of benzene rings is 1. The highest BCUT2D eigenvalue weighted by Crippen LogP contribution is 2.17. The van der Waals surface area contributed by atoms with Gasteiger partial charge in [0.05, 0.1) is 6.10 Å². The van der Waals surface area contributed by atoms with Crippen molar-refractivity contribution in [2.45, 2.75) is 39.4 Å². The molecule has 0 saturated heterocycles. The summed E-state index contributed by atoms with van der Waals surface area (Å²) in [5, 5.41) is 12.4. The van der Waals surface area contributed by atoms with Crippen LogP contribution in [0, 0.1) is 5.92 Å². The molecule has 0 fully saturated rings. The third kappa shape index (κ3) is 5.92. The fourth-order valence-corrected chi connectivity index (χ4v) is 1.86. The molecular formula is C15H22BrNO3. The molecule has 0 aromatic heterocycles. The van der Waals surface area contributed by atoms with Crippen molar-refractivity contribution in [3.63, 3.8) is 0 Å². The van der Waals surface area contributed by atoms with Crippen molar-refractivity contribution in [2.24, 2.45) is 5.92 Å². The zero-order valence-corrected chi connectivity index (χ0v) is 13.7. The van der Waals surface area contributed by atoms with Crippen LogP contribution in [-0.2, 0) is 4.79 Å². The van der Waals surface area contributed by atoms with Crippen molar-refractivity contribution in [1.82, 2.24) is 5.32 Å². The van der Waals surface area contributed by atoms with Crippen LogP contribution < -0.4 is 10.1 Å². The van der Waals surface area contributed by atoms with Crippen molar-refractivity contribution in [2.75, 3.05) is 6.54 Å². The molecule has 5 heteroatoms. The number of amides is 1. The molecule has 4 nitrogen and oxygen atoms in total. The second kappa shape index (κ2) is 8.27. The van der Waals surface area contributed by atoms with E-state index in [9.17, 15) is 9.90 Å². The van der Waals surface area contributed by atoms with E-state index in [1.807, 2.05) is 26.0 Å². The second-order valence-electron chi connectivity index (χ2n) is 5.11. The zero-order chi connectivity index (χ0) is 15.1. The van der Waals surface area contributed by atoms with E-state index in [2.05, 4.69) is 21.2 Å². The molecule has 0 radical (unpaired) electrons. The number of aliphatic hydroxyl groups is 1. The topological polar surface area (TPSA) is 58.6 Å². The summed E-state index contributed by atoms with van der Waals surface area (Å²) in [6.07, 6.45) is -0.403. The number of halogens is 1. The van der Waals surface area contributed by atoms with Crippen molar-refractivity contribution in [3.8, 4) is 5.75 Å². The summed E-state index contributed by atoms with van der Waals surface area (Å²) in [6.45, 7) is 6.06. The molecule has 0 aliphatic heterocycles. The SMILES string of the molecule is CC(Oc1ccc(Br)cc1)C(=O)NCCC(O)C(C)C. The lowest BCUT2D eigenvalue weighted by molar-refractivity contribution is -0.127. The van der Waals surface area contributed by atoms with Gasteiger partial charge in [0.1, 0.15) is 5.75 Å². The van der Waals surface area contributed by atoms with Gasteiger partial charge in [-0.15, -0.1) is 0 Å². The molecule has 0 aliphatic carbocycles. The lowest BCUT2D eigenvalue weighted by Crippen LogP contribution is -2.38. The number of hydrogen-bond donors (Lipinski definition) is 2. The third-order valence-corrected chi connectivity index (χ3v) is 3.53. The molecule has 0 saturated carbocycles. The van der Waals surface area contributed by atoms with E-state index >= 15 is 0 Å². The minimum Gasteiger partial charge on any atom is -0.481 e. The summed E-state index contributed by atoms with van der Waals surface area (Å²) in [5.74, 6) is 0.672. The number of aliphatic hydroxyl groups excluding tert-OH is 1. The van der Waals surface area contributed by atoms with E-state index in [1.165, 1.54) is 0 Å². The minimum absolute atomic E-state index is 0.177. The molecule has 0 heterocycles. The molecule has 2 atom stereocenters. The van der Waals surface area contributed by atoms with Gasteiger partial charge in [-0.1, -0.05) is 29.8 Å². The number of rotatable bonds is 7. The molecule has 1 amide bonds. The molecule has 2 N–H and O–H groups in total. The van der Waals surface area contributed by atoms with Gasteiger partial charge in [-0.3, -0.25) is 4.79 Å². The number of carbonyl (C=O) groups is 1. The molecule has 0 spiro atoms. The summed E-state index contributed by atoms with van der Waals surface area (Å²) in [5.41, 5.74) is 0. The third-order valence-electron chi connectivity index (χ3n) is 3.00. The first-order valence-electron chi connectivity index (χ1n) is 6.78. The first-order valence-corrected chi connectivity index (χ1v) is 7.57. The van der Waals surface area contributed by atoms with Crippen LogP contribution in [0.1, 0.15) is 27.2 Å². The van der Waals surface area contributed by atoms with E-state index < -0.39 is 12.2 Å². The molecule has 0 bridgehead atoms. The van der Waals surface area contributed by atoms with Crippen molar-refractivity contribution >= 4 is 21.8 Å². The van der Waals surface area contributed by atoms with E-state index in [1.54, 1.807) is 19.1 Å². The van der Waals surface area contributed by atoms with Gasteiger partial charge in [-0.2, -0.15) is 0 Å². The largest absolute Gasteiger partial charge is 0.481 e. The quantitative estimate of drug-likeness (QED) is 0.800. The Hall–Kier alpha value is -1.07. The smallest absolute Gasteiger partial charge is 0.260 e. The minimum atomic E-state index is -0.563. The molecule has 1 rings (SSSR count). The van der Waals surface area contributed by atoms with E-state index in [0.29, 0.717) is 18.7 Å². The van der Waals surface area contributed by atoms with Gasteiger partial charge in [0, 0.05) is 11.0 Å². The number of hydrogen-bond acceptors (Lipinski definition) is 3. The van der Waals surface area contributed by atoms with Gasteiger partial charge in [-0.05, 0) is 43.5 Å². The van der Waals surface area contributed by atoms with E-state index in [-0.39, 0.29) is 11.8 Å². The summed E-state index contributed by atoms with van der Waals surface area (Å²) in [4.78, 5) is 11.8. The fraction of sp³-hybridized carbons (Fsp3) is 0.533. The van der Waals surface area contributed by atoms with Crippen LogP contribution in [0.3, 0.4) is 0 Å². The lowest BCUT2D eigenvalue weighted by atomic mass is 10.0. The van der Waals surface area contributed by atoms with Crippen molar-refractivity contribution in [3.05, 3.63) is 28.7 Å². The predicted octanol–water partition coefficient (Wildman–Crippen LogP) is 2.74. The highest BCUT2D eigenvalue weighted by molar-refractivity contribution is 9.10. The second-order valence-corrected chi connectivity index (χ2v) is 6.02. The summed E-state index contributed by atoms with van der Waals surface area (Å²) >= 11 is 3.34. The van der Waals surface area contributed by atoms with Gasteiger partial charge < -0.3 is 15.2 Å². The van der Waals surface area contributed by atoms with Crippen LogP contribution in [0.5, 0.6) is 5.75 Å². The van der Waals surface area contributed by atoms with Crippen LogP contribution >= 0.6 is 15.9 Å². The molecule has 112 valence electrons. The molecule has 1 aromatic carbocycles. The number of nitrogens with one attached hydrogen (secondary N) is 1. The first kappa shape index (κ1) is 17.0. The molecule has 20 heavy (non-hydrogen) atoms. The summed E-state index contributed by atoms with van der Waals surface area (Å²) in [6, 6.07) is 7.32. The highest BCUT2D eigenvalue weighted by Gasteiger charge is 2.15. The van der Waals surface area contributed by atoms with Crippen molar-refractivity contribution < 1.29 is 14.6 Å². The van der Waals surface area contributed by atoms with Crippen LogP contribution in [0.2, 0.25) is 0 Å². The Balaban J connectivity index is 2.34. The summed E-state index contributed by atoms with van der Waals surface area (Å²) < 4.78 is 6.50. The van der Waals surface area contributed by atoms with E-state index in [4.69, 9.17) is 4.74 Å². The lowest BCUT2D eigenvalue weighted by Gasteiger charge is -2.17. The van der Waals surface area contributed by atoms with Gasteiger partial charge in [0.25, 0.3) is 5.91 Å². The first-order chi connectivity index (χ1) is 9.40. The Labute approximate surface area is 128 Å². The van der Waals surface area contributed by atoms with Gasteiger partial charge in [0.2, 0.25) is 0 Å². The summed E-state index contributed by atoms with van der Waals surface area (Å²) in [7, 11) is 0.